The maximum atomic E-state index is 13.3. The minimum absolute atomic E-state index is 0.131. The summed E-state index contributed by atoms with van der Waals surface area (Å²) in [7, 11) is 0. The van der Waals surface area contributed by atoms with Gasteiger partial charge < -0.3 is 14.5 Å². The van der Waals surface area contributed by atoms with Crippen LogP contribution in [0.3, 0.4) is 0 Å². The van der Waals surface area contributed by atoms with Crippen LogP contribution in [0.4, 0.5) is 9.39 Å². The molecule has 0 aromatic carbocycles. The molecule has 0 spiro atoms. The molecule has 0 aliphatic heterocycles. The molecule has 0 saturated heterocycles. The Morgan fingerprint density at radius 3 is 2.84 bits per heavy atom. The van der Waals surface area contributed by atoms with Crippen molar-refractivity contribution in [3.05, 3.63) is 52.5 Å². The van der Waals surface area contributed by atoms with Crippen molar-refractivity contribution in [2.75, 3.05) is 11.9 Å². The lowest BCUT2D eigenvalue weighted by atomic mass is 10.2. The first-order valence-electron chi connectivity index (χ1n) is 7.77. The SMILES string of the molecule is CCOC(=O)c1cc(CC)sc1NC(=O)c1cn2cc(F)ccc2n1. The van der Waals surface area contributed by atoms with E-state index in [1.165, 1.54) is 40.3 Å². The van der Waals surface area contributed by atoms with E-state index < -0.39 is 17.7 Å². The number of nitrogens with one attached hydrogen (secondary N) is 1. The Morgan fingerprint density at radius 1 is 1.32 bits per heavy atom. The van der Waals surface area contributed by atoms with Crippen molar-refractivity contribution < 1.29 is 18.7 Å². The van der Waals surface area contributed by atoms with Crippen molar-refractivity contribution >= 4 is 33.9 Å². The first-order valence-corrected chi connectivity index (χ1v) is 8.59. The number of aromatic nitrogens is 2. The molecular weight excluding hydrogens is 345 g/mol. The van der Waals surface area contributed by atoms with Gasteiger partial charge in [-0.15, -0.1) is 11.3 Å². The van der Waals surface area contributed by atoms with Gasteiger partial charge in [0.1, 0.15) is 22.2 Å². The molecule has 25 heavy (non-hydrogen) atoms. The predicted octanol–water partition coefficient (Wildman–Crippen LogP) is 3.53. The fourth-order valence-electron chi connectivity index (χ4n) is 2.31. The Kier molecular flexibility index (Phi) is 4.80. The highest BCUT2D eigenvalue weighted by Gasteiger charge is 2.20. The van der Waals surface area contributed by atoms with E-state index in [1.807, 2.05) is 6.92 Å². The van der Waals surface area contributed by atoms with E-state index in [0.29, 0.717) is 16.2 Å². The molecule has 0 aliphatic rings. The van der Waals surface area contributed by atoms with Gasteiger partial charge in [0.25, 0.3) is 5.91 Å². The van der Waals surface area contributed by atoms with Crippen molar-refractivity contribution in [2.45, 2.75) is 20.3 Å². The highest BCUT2D eigenvalue weighted by Crippen LogP contribution is 2.29. The van der Waals surface area contributed by atoms with Crippen LogP contribution in [0.25, 0.3) is 5.65 Å². The summed E-state index contributed by atoms with van der Waals surface area (Å²) in [6.45, 7) is 3.93. The molecule has 0 bridgehead atoms. The quantitative estimate of drug-likeness (QED) is 0.706. The fourth-order valence-corrected chi connectivity index (χ4v) is 3.29. The summed E-state index contributed by atoms with van der Waals surface area (Å²) >= 11 is 1.32. The third-order valence-electron chi connectivity index (χ3n) is 3.50. The van der Waals surface area contributed by atoms with Crippen LogP contribution in [0.2, 0.25) is 0 Å². The van der Waals surface area contributed by atoms with E-state index >= 15 is 0 Å². The lowest BCUT2D eigenvalue weighted by Gasteiger charge is -2.04. The number of carbonyl (C=O) groups excluding carboxylic acids is 2. The molecule has 6 nitrogen and oxygen atoms in total. The van der Waals surface area contributed by atoms with Crippen molar-refractivity contribution in [1.29, 1.82) is 0 Å². The number of esters is 1. The number of amides is 1. The van der Waals surface area contributed by atoms with E-state index in [9.17, 15) is 14.0 Å². The number of anilines is 1. The van der Waals surface area contributed by atoms with Crippen LogP contribution in [-0.2, 0) is 11.2 Å². The van der Waals surface area contributed by atoms with E-state index in [1.54, 1.807) is 13.0 Å². The zero-order chi connectivity index (χ0) is 18.0. The van der Waals surface area contributed by atoms with Gasteiger partial charge in [-0.3, -0.25) is 4.79 Å². The average Bonchev–Trinajstić information content (AvgIpc) is 3.18. The van der Waals surface area contributed by atoms with Crippen LogP contribution in [0.1, 0.15) is 39.6 Å². The second-order valence-corrected chi connectivity index (χ2v) is 6.36. The number of halogens is 1. The molecule has 130 valence electrons. The van der Waals surface area contributed by atoms with Crippen LogP contribution in [0.15, 0.2) is 30.6 Å². The lowest BCUT2D eigenvalue weighted by Crippen LogP contribution is -2.14. The van der Waals surface area contributed by atoms with Gasteiger partial charge >= 0.3 is 5.97 Å². The van der Waals surface area contributed by atoms with Crippen molar-refractivity contribution in [2.24, 2.45) is 0 Å². The molecule has 8 heteroatoms. The first kappa shape index (κ1) is 17.1. The predicted molar refractivity (Wildman–Crippen MR) is 92.8 cm³/mol. The van der Waals surface area contributed by atoms with Gasteiger partial charge in [0.05, 0.1) is 12.2 Å². The van der Waals surface area contributed by atoms with Crippen molar-refractivity contribution in [3.8, 4) is 0 Å². The number of hydrogen-bond donors (Lipinski definition) is 1. The van der Waals surface area contributed by atoms with Crippen LogP contribution < -0.4 is 5.32 Å². The van der Waals surface area contributed by atoms with Crippen LogP contribution in [-0.4, -0.2) is 27.9 Å². The number of ether oxygens (including phenoxy) is 1. The molecule has 0 atom stereocenters. The maximum absolute atomic E-state index is 13.3. The number of thiophene rings is 1. The Morgan fingerprint density at radius 2 is 2.12 bits per heavy atom. The molecule has 3 aromatic heterocycles. The summed E-state index contributed by atoms with van der Waals surface area (Å²) in [5.74, 6) is -1.38. The molecule has 0 radical (unpaired) electrons. The van der Waals surface area contributed by atoms with Gasteiger partial charge in [-0.05, 0) is 31.5 Å². The van der Waals surface area contributed by atoms with E-state index in [2.05, 4.69) is 10.3 Å². The third-order valence-corrected chi connectivity index (χ3v) is 4.70. The molecule has 3 heterocycles. The van der Waals surface area contributed by atoms with E-state index in [4.69, 9.17) is 4.74 Å². The highest BCUT2D eigenvalue weighted by atomic mass is 32.1. The summed E-state index contributed by atoms with van der Waals surface area (Å²) in [5.41, 5.74) is 0.913. The largest absolute Gasteiger partial charge is 0.462 e. The smallest absolute Gasteiger partial charge is 0.341 e. The zero-order valence-corrected chi connectivity index (χ0v) is 14.5. The first-order chi connectivity index (χ1) is 12.0. The topological polar surface area (TPSA) is 72.7 Å². The Labute approximate surface area is 147 Å². The minimum atomic E-state index is -0.481. The van der Waals surface area contributed by atoms with Gasteiger partial charge in [-0.2, -0.15) is 0 Å². The number of imidazole rings is 1. The lowest BCUT2D eigenvalue weighted by molar-refractivity contribution is 0.0528. The second-order valence-electron chi connectivity index (χ2n) is 5.22. The van der Waals surface area contributed by atoms with Crippen LogP contribution >= 0.6 is 11.3 Å². The molecular formula is C17H16FN3O3S. The number of aryl methyl sites for hydroxylation is 1. The summed E-state index contributed by atoms with van der Waals surface area (Å²) < 4.78 is 19.7. The van der Waals surface area contributed by atoms with Gasteiger partial charge in [-0.25, -0.2) is 14.2 Å². The zero-order valence-electron chi connectivity index (χ0n) is 13.7. The minimum Gasteiger partial charge on any atom is -0.462 e. The number of pyridine rings is 1. The number of fused-ring (bicyclic) bond motifs is 1. The normalized spacial score (nSPS) is 10.8. The maximum Gasteiger partial charge on any atom is 0.341 e. The van der Waals surface area contributed by atoms with Gasteiger partial charge in [0, 0.05) is 17.3 Å². The number of hydrogen-bond acceptors (Lipinski definition) is 5. The Balaban J connectivity index is 1.88. The molecule has 3 aromatic rings. The summed E-state index contributed by atoms with van der Waals surface area (Å²) in [4.78, 5) is 29.7. The van der Waals surface area contributed by atoms with E-state index in [0.717, 1.165) is 11.3 Å². The Bertz CT molecular complexity index is 948. The number of carbonyl (C=O) groups is 2. The van der Waals surface area contributed by atoms with Crippen molar-refractivity contribution in [3.63, 3.8) is 0 Å². The molecule has 1 N–H and O–H groups in total. The second kappa shape index (κ2) is 7.02. The monoisotopic (exact) mass is 361 g/mol. The average molecular weight is 361 g/mol. The molecule has 0 unspecified atom stereocenters. The van der Waals surface area contributed by atoms with Gasteiger partial charge in [0.15, 0.2) is 0 Å². The van der Waals surface area contributed by atoms with Crippen LogP contribution in [0, 0.1) is 5.82 Å². The molecule has 1 amide bonds. The summed E-state index contributed by atoms with van der Waals surface area (Å²) in [5, 5.41) is 3.13. The van der Waals surface area contributed by atoms with Crippen molar-refractivity contribution in [1.82, 2.24) is 9.38 Å². The standard InChI is InChI=1S/C17H16FN3O3S/c1-3-11-7-12(17(23)24-4-2)16(25-11)20-15(22)13-9-21-8-10(18)5-6-14(21)19-13/h5-9H,3-4H2,1-2H3,(H,20,22). The summed E-state index contributed by atoms with van der Waals surface area (Å²) in [6.07, 6.45) is 3.41. The molecule has 0 fully saturated rings. The van der Waals surface area contributed by atoms with Gasteiger partial charge in [0.2, 0.25) is 0 Å². The fraction of sp³-hybridized carbons (Fsp3) is 0.235. The van der Waals surface area contributed by atoms with E-state index in [-0.39, 0.29) is 12.3 Å². The third kappa shape index (κ3) is 3.53. The molecule has 3 rings (SSSR count). The molecule has 0 aliphatic carbocycles. The highest BCUT2D eigenvalue weighted by molar-refractivity contribution is 7.16. The number of rotatable bonds is 5. The van der Waals surface area contributed by atoms with Crippen LogP contribution in [0.5, 0.6) is 0 Å². The van der Waals surface area contributed by atoms with Gasteiger partial charge in [-0.1, -0.05) is 6.92 Å². The molecule has 0 saturated carbocycles. The number of nitrogens with zero attached hydrogens (tertiary/aromatic N) is 2. The Hall–Kier alpha value is -2.74. The summed E-state index contributed by atoms with van der Waals surface area (Å²) in [6, 6.07) is 4.48.